The van der Waals surface area contributed by atoms with E-state index in [0.29, 0.717) is 12.3 Å². The van der Waals surface area contributed by atoms with Crippen molar-refractivity contribution in [3.8, 4) is 6.07 Å². The van der Waals surface area contributed by atoms with Gasteiger partial charge in [-0.15, -0.1) is 0 Å². The topological polar surface area (TPSA) is 55.5 Å². The molecule has 0 N–H and O–H groups in total. The molecule has 2 aliphatic rings. The Morgan fingerprint density at radius 2 is 1.81 bits per heavy atom. The summed E-state index contributed by atoms with van der Waals surface area (Å²) < 4.78 is 1.16. The number of rotatable bonds is 4. The van der Waals surface area contributed by atoms with Gasteiger partial charge < -0.3 is 4.90 Å². The summed E-state index contributed by atoms with van der Waals surface area (Å²) in [6, 6.07) is 21.3. The van der Waals surface area contributed by atoms with Crippen LogP contribution in [0.2, 0.25) is 0 Å². The van der Waals surface area contributed by atoms with Crippen LogP contribution in [0.1, 0.15) is 24.8 Å². The molecule has 5 rings (SSSR count). The summed E-state index contributed by atoms with van der Waals surface area (Å²) in [6.45, 7) is 1.95. The number of hydrogen-bond acceptors (Lipinski definition) is 6. The summed E-state index contributed by atoms with van der Waals surface area (Å²) in [6.07, 6.45) is 7.72. The number of fused-ring (bicyclic) bond motifs is 1. The number of para-hydroxylation sites is 1. The van der Waals surface area contributed by atoms with E-state index in [-0.39, 0.29) is 6.04 Å². The normalized spacial score (nSPS) is 19.5. The second-order valence-corrected chi connectivity index (χ2v) is 9.16. The molecule has 5 nitrogen and oxygen atoms in total. The van der Waals surface area contributed by atoms with Crippen LogP contribution in [0.5, 0.6) is 0 Å². The van der Waals surface area contributed by atoms with Gasteiger partial charge in [-0.2, -0.15) is 5.26 Å². The smallest absolute Gasteiger partial charge is 0.208 e. The van der Waals surface area contributed by atoms with Crippen molar-refractivity contribution in [1.82, 2.24) is 9.88 Å². The molecular formula is C25H25N5S. The summed E-state index contributed by atoms with van der Waals surface area (Å²) in [5.41, 5.74) is 2.41. The van der Waals surface area contributed by atoms with Crippen molar-refractivity contribution in [2.45, 2.75) is 31.7 Å². The molecule has 0 amide bonds. The van der Waals surface area contributed by atoms with E-state index in [9.17, 15) is 5.26 Å². The minimum atomic E-state index is -0.0416. The molecule has 1 atom stereocenters. The van der Waals surface area contributed by atoms with Gasteiger partial charge in [-0.25, -0.2) is 9.98 Å². The van der Waals surface area contributed by atoms with E-state index in [0.717, 1.165) is 53.7 Å². The van der Waals surface area contributed by atoms with Crippen LogP contribution in [0.4, 0.5) is 5.13 Å². The van der Waals surface area contributed by atoms with Crippen LogP contribution in [-0.4, -0.2) is 35.0 Å². The Bertz CT molecular complexity index is 1100. The summed E-state index contributed by atoms with van der Waals surface area (Å²) in [5.74, 6) is 1.63. The molecule has 0 bridgehead atoms. The van der Waals surface area contributed by atoms with E-state index >= 15 is 0 Å². The molecule has 3 aromatic rings. The van der Waals surface area contributed by atoms with Crippen LogP contribution in [0.15, 0.2) is 71.9 Å². The van der Waals surface area contributed by atoms with E-state index in [1.165, 1.54) is 5.56 Å². The molecule has 0 saturated carbocycles. The van der Waals surface area contributed by atoms with E-state index in [1.54, 1.807) is 11.3 Å². The van der Waals surface area contributed by atoms with Crippen molar-refractivity contribution < 1.29 is 0 Å². The quantitative estimate of drug-likeness (QED) is 0.573. The number of benzene rings is 2. The van der Waals surface area contributed by atoms with Crippen molar-refractivity contribution in [2.24, 2.45) is 10.9 Å². The highest BCUT2D eigenvalue weighted by Gasteiger charge is 2.32. The van der Waals surface area contributed by atoms with E-state index in [1.807, 2.05) is 30.5 Å². The first kappa shape index (κ1) is 19.8. The van der Waals surface area contributed by atoms with Crippen molar-refractivity contribution in [3.05, 3.63) is 72.4 Å². The molecule has 1 fully saturated rings. The Labute approximate surface area is 187 Å². The summed E-state index contributed by atoms with van der Waals surface area (Å²) in [4.78, 5) is 14.2. The molecule has 1 saturated heterocycles. The van der Waals surface area contributed by atoms with E-state index < -0.39 is 0 Å². The molecule has 31 heavy (non-hydrogen) atoms. The molecule has 1 aromatic heterocycles. The second-order valence-electron chi connectivity index (χ2n) is 8.15. The van der Waals surface area contributed by atoms with Gasteiger partial charge in [0.2, 0.25) is 5.96 Å². The van der Waals surface area contributed by atoms with Gasteiger partial charge >= 0.3 is 0 Å². The van der Waals surface area contributed by atoms with Crippen LogP contribution in [-0.2, 0) is 6.42 Å². The van der Waals surface area contributed by atoms with Crippen LogP contribution >= 0.6 is 11.3 Å². The largest absolute Gasteiger partial charge is 0.342 e. The third-order valence-corrected chi connectivity index (χ3v) is 7.13. The number of thiazole rings is 1. The number of aliphatic imine (C=N–C) groups is 1. The minimum Gasteiger partial charge on any atom is -0.342 e. The van der Waals surface area contributed by atoms with Crippen LogP contribution in [0, 0.1) is 17.2 Å². The van der Waals surface area contributed by atoms with Gasteiger partial charge in [-0.3, -0.25) is 4.90 Å². The highest BCUT2D eigenvalue weighted by atomic mass is 32.1. The van der Waals surface area contributed by atoms with Gasteiger partial charge in [0, 0.05) is 19.3 Å². The standard InChI is InChI=1S/C25H25N5S/c26-14-10-21-11-15-27-24(30(21)25-28-22-8-4-5-9-23(22)31-25)29-16-12-20(13-17-29)18-19-6-2-1-3-7-19/h1-9,11,15,20-21H,10,12-13,16-18H2. The van der Waals surface area contributed by atoms with Crippen LogP contribution in [0.3, 0.4) is 0 Å². The first-order chi connectivity index (χ1) is 15.3. The minimum absolute atomic E-state index is 0.0416. The number of guanidine groups is 1. The van der Waals surface area contributed by atoms with Gasteiger partial charge in [-0.1, -0.05) is 53.8 Å². The predicted molar refractivity (Wildman–Crippen MR) is 127 cm³/mol. The number of piperidine rings is 1. The lowest BCUT2D eigenvalue weighted by Crippen LogP contribution is -2.52. The van der Waals surface area contributed by atoms with Gasteiger partial charge in [0.05, 0.1) is 28.7 Å². The number of anilines is 1. The zero-order valence-electron chi connectivity index (χ0n) is 17.4. The maximum absolute atomic E-state index is 9.41. The molecule has 3 heterocycles. The van der Waals surface area contributed by atoms with Gasteiger partial charge in [0.1, 0.15) is 0 Å². The molecule has 2 aromatic carbocycles. The Hall–Kier alpha value is -3.17. The third kappa shape index (κ3) is 4.19. The average molecular weight is 428 g/mol. The first-order valence-electron chi connectivity index (χ1n) is 10.9. The van der Waals surface area contributed by atoms with Crippen molar-refractivity contribution in [1.29, 1.82) is 5.26 Å². The summed E-state index contributed by atoms with van der Waals surface area (Å²) >= 11 is 1.67. The van der Waals surface area contributed by atoms with Gasteiger partial charge in [0.25, 0.3) is 0 Å². The number of aromatic nitrogens is 1. The third-order valence-electron chi connectivity index (χ3n) is 6.10. The Balaban J connectivity index is 1.36. The zero-order chi connectivity index (χ0) is 21.0. The number of hydrogen-bond donors (Lipinski definition) is 0. The number of likely N-dealkylation sites (tertiary alicyclic amines) is 1. The lowest BCUT2D eigenvalue weighted by atomic mass is 9.90. The fraction of sp³-hybridized carbons (Fsp3) is 0.320. The zero-order valence-corrected chi connectivity index (χ0v) is 18.2. The lowest BCUT2D eigenvalue weighted by molar-refractivity contribution is 0.261. The molecule has 0 radical (unpaired) electrons. The van der Waals surface area contributed by atoms with Crippen LogP contribution < -0.4 is 4.90 Å². The monoisotopic (exact) mass is 427 g/mol. The van der Waals surface area contributed by atoms with Crippen LogP contribution in [0.25, 0.3) is 10.2 Å². The highest BCUT2D eigenvalue weighted by molar-refractivity contribution is 7.22. The lowest BCUT2D eigenvalue weighted by Gasteiger charge is -2.40. The molecule has 1 unspecified atom stereocenters. The van der Waals surface area contributed by atoms with Gasteiger partial charge in [0.15, 0.2) is 5.13 Å². The maximum Gasteiger partial charge on any atom is 0.208 e. The van der Waals surface area contributed by atoms with E-state index in [4.69, 9.17) is 9.98 Å². The second kappa shape index (κ2) is 8.91. The van der Waals surface area contributed by atoms with E-state index in [2.05, 4.69) is 52.3 Å². The molecule has 6 heteroatoms. The van der Waals surface area contributed by atoms with Crippen molar-refractivity contribution >= 4 is 32.6 Å². The maximum atomic E-state index is 9.41. The summed E-state index contributed by atoms with van der Waals surface area (Å²) in [5, 5.41) is 10.3. The molecule has 0 aliphatic carbocycles. The Morgan fingerprint density at radius 1 is 1.03 bits per heavy atom. The van der Waals surface area contributed by atoms with Crippen molar-refractivity contribution in [2.75, 3.05) is 18.0 Å². The fourth-order valence-electron chi connectivity index (χ4n) is 4.47. The highest BCUT2D eigenvalue weighted by Crippen LogP contribution is 2.33. The molecular weight excluding hydrogens is 402 g/mol. The molecule has 0 spiro atoms. The Kier molecular flexibility index (Phi) is 5.68. The SMILES string of the molecule is N#CCC1C=CN=C(N2CCC(Cc3ccccc3)CC2)N1c1nc2ccccc2s1. The predicted octanol–water partition coefficient (Wildman–Crippen LogP) is 5.22. The van der Waals surface area contributed by atoms with Crippen molar-refractivity contribution in [3.63, 3.8) is 0 Å². The fourth-order valence-corrected chi connectivity index (χ4v) is 5.49. The first-order valence-corrected chi connectivity index (χ1v) is 11.7. The summed E-state index contributed by atoms with van der Waals surface area (Å²) in [7, 11) is 0. The molecule has 2 aliphatic heterocycles. The number of nitrogens with zero attached hydrogens (tertiary/aromatic N) is 5. The molecule has 156 valence electrons. The average Bonchev–Trinajstić information content (AvgIpc) is 3.24. The van der Waals surface area contributed by atoms with Gasteiger partial charge in [-0.05, 0) is 49.0 Å². The Morgan fingerprint density at radius 3 is 2.58 bits per heavy atom. The number of nitriles is 1.